The van der Waals surface area contributed by atoms with Crippen LogP contribution < -0.4 is 5.32 Å². The van der Waals surface area contributed by atoms with E-state index in [0.29, 0.717) is 11.1 Å². The maximum atomic E-state index is 13.2. The fraction of sp³-hybridized carbons (Fsp3) is 0.125. The molecule has 3 heterocycles. The lowest BCUT2D eigenvalue weighted by Crippen LogP contribution is -2.14. The van der Waals surface area contributed by atoms with Gasteiger partial charge in [-0.1, -0.05) is 66.4 Å². The van der Waals surface area contributed by atoms with Crippen molar-refractivity contribution in [3.05, 3.63) is 119 Å². The van der Waals surface area contributed by atoms with Crippen LogP contribution in [0.25, 0.3) is 22.0 Å². The number of aliphatic hydroxyl groups is 1. The van der Waals surface area contributed by atoms with Crippen molar-refractivity contribution in [3.63, 3.8) is 0 Å². The molecule has 6 rings (SSSR count). The molecule has 1 unspecified atom stereocenters. The number of nitrogens with zero attached hydrogens (tertiary/aromatic N) is 1. The van der Waals surface area contributed by atoms with Crippen LogP contribution in [0.2, 0.25) is 0 Å². The minimum absolute atomic E-state index is 0.348. The van der Waals surface area contributed by atoms with Gasteiger partial charge in [0.05, 0.1) is 0 Å². The second-order valence-electron chi connectivity index (χ2n) is 9.19. The molecule has 5 heteroatoms. The number of fused-ring (bicyclic) bond motifs is 2. The lowest BCUT2D eigenvalue weighted by molar-refractivity contribution is 0.0748. The number of aromatic nitrogens is 2. The number of hydrogen-bond acceptors (Lipinski definition) is 4. The van der Waals surface area contributed by atoms with Gasteiger partial charge in [-0.3, -0.25) is 4.79 Å². The summed E-state index contributed by atoms with van der Waals surface area (Å²) in [7, 11) is 0. The van der Waals surface area contributed by atoms with Gasteiger partial charge < -0.3 is 15.4 Å². The fourth-order valence-electron chi connectivity index (χ4n) is 4.88. The molecule has 3 N–H and O–H groups in total. The van der Waals surface area contributed by atoms with E-state index in [0.717, 1.165) is 58.4 Å². The summed E-state index contributed by atoms with van der Waals surface area (Å²) in [4.78, 5) is 21.0. The summed E-state index contributed by atoms with van der Waals surface area (Å²) < 4.78 is 0. The first-order chi connectivity index (χ1) is 18.2. The third-order valence-corrected chi connectivity index (χ3v) is 6.77. The van der Waals surface area contributed by atoms with Crippen molar-refractivity contribution in [2.24, 2.45) is 0 Å². The standard InChI is InChI=1S/C32H25N3O2/c36-30(24-6-2-1-3-7-24)31(37)27-10-4-8-23(29(27)25-14-13-22-15-17-33-28(22)19-25)12-11-21-18-26-9-5-16-34-32(26)35-20-21/h1-4,6-8,10,13-15,17-20,31,33,37H,5,9,16H2,(H,34,35). The molecule has 0 aliphatic carbocycles. The van der Waals surface area contributed by atoms with E-state index in [2.05, 4.69) is 33.2 Å². The number of anilines is 1. The fourth-order valence-corrected chi connectivity index (χ4v) is 4.88. The average molecular weight is 484 g/mol. The van der Waals surface area contributed by atoms with Gasteiger partial charge in [-0.2, -0.15) is 0 Å². The number of ketones is 1. The molecule has 0 fully saturated rings. The Kier molecular flexibility index (Phi) is 6.02. The van der Waals surface area contributed by atoms with Crippen LogP contribution in [-0.2, 0) is 6.42 Å². The van der Waals surface area contributed by atoms with Crippen molar-refractivity contribution in [2.75, 3.05) is 11.9 Å². The topological polar surface area (TPSA) is 78.0 Å². The molecule has 0 saturated carbocycles. The molecule has 2 aromatic heterocycles. The molecule has 3 aromatic carbocycles. The number of carbonyl (C=O) groups is 1. The third kappa shape index (κ3) is 4.51. The van der Waals surface area contributed by atoms with E-state index in [-0.39, 0.29) is 5.78 Å². The van der Waals surface area contributed by atoms with Crippen LogP contribution in [0.5, 0.6) is 0 Å². The van der Waals surface area contributed by atoms with E-state index < -0.39 is 6.10 Å². The summed E-state index contributed by atoms with van der Waals surface area (Å²) in [5.74, 6) is 7.16. The summed E-state index contributed by atoms with van der Waals surface area (Å²) in [6.07, 6.45) is 4.41. The lowest BCUT2D eigenvalue weighted by Gasteiger charge is -2.17. The smallest absolute Gasteiger partial charge is 0.195 e. The van der Waals surface area contributed by atoms with Crippen molar-refractivity contribution in [3.8, 4) is 23.0 Å². The van der Waals surface area contributed by atoms with Crippen molar-refractivity contribution >= 4 is 22.5 Å². The summed E-state index contributed by atoms with van der Waals surface area (Å²) in [6.45, 7) is 0.941. The Labute approximate surface area is 215 Å². The van der Waals surface area contributed by atoms with Gasteiger partial charge in [-0.05, 0) is 59.2 Å². The molecule has 1 aliphatic heterocycles. The van der Waals surface area contributed by atoms with E-state index in [4.69, 9.17) is 0 Å². The minimum atomic E-state index is -1.32. The zero-order valence-electron chi connectivity index (χ0n) is 20.2. The Bertz CT molecular complexity index is 1680. The van der Waals surface area contributed by atoms with Crippen LogP contribution in [0.4, 0.5) is 5.82 Å². The van der Waals surface area contributed by atoms with E-state index in [1.54, 1.807) is 36.5 Å². The van der Waals surface area contributed by atoms with Gasteiger partial charge in [-0.25, -0.2) is 4.98 Å². The van der Waals surface area contributed by atoms with Crippen molar-refractivity contribution in [2.45, 2.75) is 18.9 Å². The molecule has 180 valence electrons. The second-order valence-corrected chi connectivity index (χ2v) is 9.19. The van der Waals surface area contributed by atoms with Crippen molar-refractivity contribution in [1.29, 1.82) is 0 Å². The first-order valence-corrected chi connectivity index (χ1v) is 12.4. The molecule has 37 heavy (non-hydrogen) atoms. The lowest BCUT2D eigenvalue weighted by atomic mass is 9.88. The highest BCUT2D eigenvalue weighted by molar-refractivity contribution is 6.01. The van der Waals surface area contributed by atoms with Gasteiger partial charge in [0.25, 0.3) is 0 Å². The quantitative estimate of drug-likeness (QED) is 0.220. The van der Waals surface area contributed by atoms with Crippen molar-refractivity contribution in [1.82, 2.24) is 9.97 Å². The molecule has 0 radical (unpaired) electrons. The van der Waals surface area contributed by atoms with E-state index in [1.807, 2.05) is 48.7 Å². The number of benzene rings is 3. The maximum absolute atomic E-state index is 13.2. The number of aromatic amines is 1. The highest BCUT2D eigenvalue weighted by Gasteiger charge is 2.24. The Hall–Kier alpha value is -4.66. The van der Waals surface area contributed by atoms with Gasteiger partial charge in [0.1, 0.15) is 11.9 Å². The number of rotatable bonds is 4. The molecule has 0 spiro atoms. The summed E-state index contributed by atoms with van der Waals surface area (Å²) >= 11 is 0. The van der Waals surface area contributed by atoms with E-state index in [1.165, 1.54) is 5.56 Å². The highest BCUT2D eigenvalue weighted by Crippen LogP contribution is 2.34. The van der Waals surface area contributed by atoms with E-state index >= 15 is 0 Å². The molecule has 0 saturated heterocycles. The largest absolute Gasteiger partial charge is 0.380 e. The summed E-state index contributed by atoms with van der Waals surface area (Å²) in [5, 5.41) is 15.7. The summed E-state index contributed by atoms with van der Waals surface area (Å²) in [5.41, 5.74) is 6.33. The van der Waals surface area contributed by atoms with E-state index in [9.17, 15) is 9.90 Å². The van der Waals surface area contributed by atoms with Gasteiger partial charge >= 0.3 is 0 Å². The number of hydrogen-bond donors (Lipinski definition) is 3. The first-order valence-electron chi connectivity index (χ1n) is 12.4. The normalized spacial score (nSPS) is 13.2. The third-order valence-electron chi connectivity index (χ3n) is 6.77. The predicted octanol–water partition coefficient (Wildman–Crippen LogP) is 5.90. The molecule has 5 aromatic rings. The van der Waals surface area contributed by atoms with Crippen LogP contribution in [0, 0.1) is 11.8 Å². The summed E-state index contributed by atoms with van der Waals surface area (Å²) in [6, 6.07) is 24.6. The van der Waals surface area contributed by atoms with Crippen LogP contribution in [0.3, 0.4) is 0 Å². The Balaban J connectivity index is 1.47. The Morgan fingerprint density at radius 2 is 1.86 bits per heavy atom. The number of carbonyl (C=O) groups excluding carboxylic acids is 1. The number of aliphatic hydroxyl groups excluding tert-OH is 1. The molecule has 1 aliphatic rings. The SMILES string of the molecule is O=C(c1ccccc1)C(O)c1cccc(C#Cc2cnc3c(c2)CCCN3)c1-c1ccc2cc[nH]c2c1. The highest BCUT2D eigenvalue weighted by atomic mass is 16.3. The average Bonchev–Trinajstić information content (AvgIpc) is 3.43. The number of Topliss-reactive ketones (excluding diaryl/α,β-unsaturated/α-hetero) is 1. The van der Waals surface area contributed by atoms with Crippen molar-refractivity contribution < 1.29 is 9.90 Å². The monoisotopic (exact) mass is 483 g/mol. The number of H-pyrrole nitrogens is 1. The Morgan fingerprint density at radius 1 is 0.973 bits per heavy atom. The van der Waals surface area contributed by atoms with Gasteiger partial charge in [0.2, 0.25) is 0 Å². The van der Waals surface area contributed by atoms with Gasteiger partial charge in [-0.15, -0.1) is 0 Å². The van der Waals surface area contributed by atoms with Crippen LogP contribution in [0.15, 0.2) is 91.3 Å². The van der Waals surface area contributed by atoms with Crippen LogP contribution >= 0.6 is 0 Å². The Morgan fingerprint density at radius 3 is 2.76 bits per heavy atom. The number of aryl methyl sites for hydroxylation is 1. The molecule has 0 bridgehead atoms. The first kappa shape index (κ1) is 22.8. The molecule has 1 atom stereocenters. The molecular formula is C32H25N3O2. The minimum Gasteiger partial charge on any atom is -0.380 e. The van der Waals surface area contributed by atoms with Gasteiger partial charge in [0.15, 0.2) is 5.78 Å². The zero-order valence-corrected chi connectivity index (χ0v) is 20.2. The maximum Gasteiger partial charge on any atom is 0.195 e. The van der Waals surface area contributed by atoms with Crippen LogP contribution in [0.1, 0.15) is 45.1 Å². The van der Waals surface area contributed by atoms with Gasteiger partial charge in [0, 0.05) is 46.7 Å². The molecule has 0 amide bonds. The van der Waals surface area contributed by atoms with Crippen LogP contribution in [-0.4, -0.2) is 27.4 Å². The molecular weight excluding hydrogens is 458 g/mol. The second kappa shape index (κ2) is 9.77. The molecule has 5 nitrogen and oxygen atoms in total. The zero-order chi connectivity index (χ0) is 25.2. The number of nitrogens with one attached hydrogen (secondary N) is 2. The number of pyridine rings is 1. The predicted molar refractivity (Wildman–Crippen MR) is 146 cm³/mol.